The van der Waals surface area contributed by atoms with Crippen molar-refractivity contribution in [2.24, 2.45) is 0 Å². The average Bonchev–Trinajstić information content (AvgIpc) is 3.50. The Morgan fingerprint density at radius 1 is 0.424 bits per heavy atom. The first-order chi connectivity index (χ1) is 28.1. The van der Waals surface area contributed by atoms with Gasteiger partial charge in [-0.2, -0.15) is 13.2 Å². The average molecular weight is 912 g/mol. The zero-order valence-corrected chi connectivity index (χ0v) is 34.8. The molecule has 0 bridgehead atoms. The van der Waals surface area contributed by atoms with Crippen LogP contribution < -0.4 is 21.2 Å². The molecule has 1 radical (unpaired) electrons. The third-order valence-electron chi connectivity index (χ3n) is 9.77. The van der Waals surface area contributed by atoms with Gasteiger partial charge in [0.25, 0.3) is 0 Å². The van der Waals surface area contributed by atoms with Crippen LogP contribution in [0, 0.1) is 0 Å². The smallest absolute Gasteiger partial charge is 0.485 e. The molecule has 2 aliphatic rings. The second-order valence-electron chi connectivity index (χ2n) is 13.5. The molecule has 0 saturated carbocycles. The summed E-state index contributed by atoms with van der Waals surface area (Å²) in [5.41, 5.74) is 4.69. The maximum absolute atomic E-state index is 10.7. The number of rotatable bonds is 5. The summed E-state index contributed by atoms with van der Waals surface area (Å²) >= 11 is 0. The molecular formula is C49H38F3NO3PRhS-. The van der Waals surface area contributed by atoms with Crippen LogP contribution in [0.25, 0.3) is 24.3 Å². The molecule has 9 rings (SSSR count). The summed E-state index contributed by atoms with van der Waals surface area (Å²) in [6.45, 7) is 0. The van der Waals surface area contributed by atoms with E-state index in [2.05, 4.69) is 218 Å². The SMILES string of the molecule is C1=Cc2ccccc2C(NC2c3ccccc3C=Cc3ccccc32)c2ccccc21.O=S(=O)([O-])C(F)(F)F.[Rh].c1ccc(P(c2ccccc2)c2ccccc2)cc1. The van der Waals surface area contributed by atoms with Gasteiger partial charge in [0, 0.05) is 19.5 Å². The molecule has 0 aliphatic heterocycles. The van der Waals surface area contributed by atoms with Crippen LogP contribution in [-0.4, -0.2) is 18.5 Å². The summed E-state index contributed by atoms with van der Waals surface area (Å²) in [5, 5.41) is 8.28. The van der Waals surface area contributed by atoms with Crippen molar-refractivity contribution in [3.05, 3.63) is 233 Å². The Hall–Kier alpha value is -5.27. The maximum Gasteiger partial charge on any atom is 0.485 e. The van der Waals surface area contributed by atoms with Crippen molar-refractivity contribution in [1.82, 2.24) is 5.32 Å². The predicted octanol–water partition coefficient (Wildman–Crippen LogP) is 10.6. The number of hydrogen-bond donors (Lipinski definition) is 1. The van der Waals surface area contributed by atoms with Gasteiger partial charge in [0.05, 0.1) is 12.1 Å². The van der Waals surface area contributed by atoms with E-state index < -0.39 is 23.5 Å². The zero-order chi connectivity index (χ0) is 40.5. The molecule has 0 atom stereocenters. The molecule has 0 heterocycles. The summed E-state index contributed by atoms with van der Waals surface area (Å²) < 4.78 is 58.9. The summed E-state index contributed by atoms with van der Waals surface area (Å²) in [7, 11) is -6.54. The Morgan fingerprint density at radius 3 is 0.881 bits per heavy atom. The second-order valence-corrected chi connectivity index (χ2v) is 17.0. The van der Waals surface area contributed by atoms with E-state index in [0.717, 1.165) is 0 Å². The molecule has 2 aliphatic carbocycles. The number of fused-ring (bicyclic) bond motifs is 4. The van der Waals surface area contributed by atoms with Crippen molar-refractivity contribution in [2.75, 3.05) is 0 Å². The molecule has 0 saturated heterocycles. The predicted molar refractivity (Wildman–Crippen MR) is 231 cm³/mol. The molecule has 10 heteroatoms. The number of benzene rings is 7. The van der Waals surface area contributed by atoms with E-state index in [9.17, 15) is 13.2 Å². The van der Waals surface area contributed by atoms with Crippen molar-refractivity contribution < 1.29 is 45.6 Å². The fourth-order valence-electron chi connectivity index (χ4n) is 7.10. The first kappa shape index (κ1) is 43.3. The molecule has 299 valence electrons. The quantitative estimate of drug-likeness (QED) is 0.0809. The minimum Gasteiger partial charge on any atom is -0.741 e. The van der Waals surface area contributed by atoms with Crippen LogP contribution in [0.4, 0.5) is 13.2 Å². The minimum atomic E-state index is -6.09. The van der Waals surface area contributed by atoms with Gasteiger partial charge in [-0.1, -0.05) is 212 Å². The van der Waals surface area contributed by atoms with Gasteiger partial charge in [-0.25, -0.2) is 8.42 Å². The van der Waals surface area contributed by atoms with E-state index in [0.29, 0.717) is 0 Å². The summed E-state index contributed by atoms with van der Waals surface area (Å²) in [4.78, 5) is 0. The Labute approximate surface area is 357 Å². The van der Waals surface area contributed by atoms with Crippen molar-refractivity contribution >= 4 is 58.3 Å². The Bertz CT molecular complexity index is 2350. The summed E-state index contributed by atoms with van der Waals surface area (Å²) in [5.74, 6) is 0. The van der Waals surface area contributed by atoms with Crippen molar-refractivity contribution in [2.45, 2.75) is 17.6 Å². The fraction of sp³-hybridized carbons (Fsp3) is 0.0612. The van der Waals surface area contributed by atoms with Crippen LogP contribution in [0.15, 0.2) is 188 Å². The molecule has 7 aromatic rings. The second kappa shape index (κ2) is 19.7. The van der Waals surface area contributed by atoms with E-state index >= 15 is 0 Å². The zero-order valence-electron chi connectivity index (χ0n) is 31.4. The first-order valence-electron chi connectivity index (χ1n) is 18.5. The number of alkyl halides is 3. The van der Waals surface area contributed by atoms with Gasteiger partial charge in [-0.05, 0) is 68.3 Å². The van der Waals surface area contributed by atoms with Crippen LogP contribution in [0.3, 0.4) is 0 Å². The standard InChI is InChI=1S/C30H23N.C18H15P.CHF3O3S.Rh/c1-5-13-25-21(9-1)17-18-22-10-2-6-14-26(22)29(25)31-30-27-15-7-3-11-23(27)19-20-24-12-4-8-16-28(24)30;1-4-10-16(11-5-1)19(17-12-6-2-7-13-17)18-14-8-3-9-15-18;2-1(3,4)8(5,6)7;/h1-20,29-31H;1-15H;(H,5,6,7);/p-1. The molecule has 0 spiro atoms. The van der Waals surface area contributed by atoms with E-state index in [1.807, 2.05) is 0 Å². The van der Waals surface area contributed by atoms with Crippen LogP contribution in [-0.2, 0) is 29.6 Å². The number of hydrogen-bond acceptors (Lipinski definition) is 4. The van der Waals surface area contributed by atoms with Crippen LogP contribution in [0.2, 0.25) is 0 Å². The molecule has 7 aromatic carbocycles. The number of nitrogens with one attached hydrogen (secondary N) is 1. The summed E-state index contributed by atoms with van der Waals surface area (Å²) in [6.07, 6.45) is 8.97. The van der Waals surface area contributed by atoms with Gasteiger partial charge in [-0.3, -0.25) is 5.32 Å². The molecule has 0 amide bonds. The van der Waals surface area contributed by atoms with Crippen molar-refractivity contribution in [3.8, 4) is 0 Å². The van der Waals surface area contributed by atoms with Gasteiger partial charge >= 0.3 is 5.51 Å². The monoisotopic (exact) mass is 911 g/mol. The van der Waals surface area contributed by atoms with E-state index in [-0.39, 0.29) is 31.6 Å². The molecule has 4 nitrogen and oxygen atoms in total. The molecule has 59 heavy (non-hydrogen) atoms. The fourth-order valence-corrected chi connectivity index (χ4v) is 9.41. The van der Waals surface area contributed by atoms with Gasteiger partial charge in [-0.15, -0.1) is 0 Å². The topological polar surface area (TPSA) is 69.2 Å². The van der Waals surface area contributed by atoms with Crippen LogP contribution >= 0.6 is 7.92 Å². The van der Waals surface area contributed by atoms with E-state index in [1.54, 1.807) is 0 Å². The van der Waals surface area contributed by atoms with Gasteiger partial charge in [0.15, 0.2) is 10.1 Å². The molecule has 0 fully saturated rings. The first-order valence-corrected chi connectivity index (χ1v) is 21.3. The molecule has 0 unspecified atom stereocenters. The molecule has 0 aromatic heterocycles. The van der Waals surface area contributed by atoms with E-state index in [1.165, 1.54) is 60.4 Å². The van der Waals surface area contributed by atoms with Crippen LogP contribution in [0.5, 0.6) is 0 Å². The molecule has 1 N–H and O–H groups in total. The van der Waals surface area contributed by atoms with Gasteiger partial charge < -0.3 is 4.55 Å². The molecular weight excluding hydrogens is 873 g/mol. The van der Waals surface area contributed by atoms with Gasteiger partial charge in [0.2, 0.25) is 0 Å². The Kier molecular flexibility index (Phi) is 14.4. The van der Waals surface area contributed by atoms with E-state index in [4.69, 9.17) is 13.0 Å². The Morgan fingerprint density at radius 2 is 0.644 bits per heavy atom. The largest absolute Gasteiger partial charge is 0.741 e. The number of halogens is 3. The third kappa shape index (κ3) is 10.5. The van der Waals surface area contributed by atoms with Crippen molar-refractivity contribution in [1.29, 1.82) is 0 Å². The minimum absolute atomic E-state index is 0. The Balaban J connectivity index is 0.000000178. The van der Waals surface area contributed by atoms with Crippen molar-refractivity contribution in [3.63, 3.8) is 0 Å². The summed E-state index contributed by atoms with van der Waals surface area (Å²) in [6, 6.07) is 67.4. The normalized spacial score (nSPS) is 13.0. The maximum atomic E-state index is 10.7. The van der Waals surface area contributed by atoms with Crippen LogP contribution in [0.1, 0.15) is 56.6 Å². The third-order valence-corrected chi connectivity index (χ3v) is 12.8. The van der Waals surface area contributed by atoms with Gasteiger partial charge in [0.1, 0.15) is 0 Å².